The van der Waals surface area contributed by atoms with Crippen LogP contribution in [-0.2, 0) is 6.54 Å². The lowest BCUT2D eigenvalue weighted by Crippen LogP contribution is -2.36. The summed E-state index contributed by atoms with van der Waals surface area (Å²) in [5.74, 6) is 0.823. The topological polar surface area (TPSA) is 52.0 Å². The third kappa shape index (κ3) is 4.30. The van der Waals surface area contributed by atoms with Crippen molar-refractivity contribution in [3.8, 4) is 6.07 Å². The van der Waals surface area contributed by atoms with E-state index in [0.29, 0.717) is 5.69 Å². The summed E-state index contributed by atoms with van der Waals surface area (Å²) < 4.78 is 0. The summed E-state index contributed by atoms with van der Waals surface area (Å²) in [6.07, 6.45) is 4.26. The van der Waals surface area contributed by atoms with Crippen molar-refractivity contribution in [3.63, 3.8) is 0 Å². The average molecular weight is 258 g/mol. The molecule has 1 aromatic rings. The molecule has 4 heteroatoms. The van der Waals surface area contributed by atoms with E-state index in [1.807, 2.05) is 12.1 Å². The highest BCUT2D eigenvalue weighted by Crippen LogP contribution is 2.18. The van der Waals surface area contributed by atoms with Crippen LogP contribution >= 0.6 is 0 Å². The van der Waals surface area contributed by atoms with Gasteiger partial charge in [0.25, 0.3) is 0 Å². The van der Waals surface area contributed by atoms with Crippen molar-refractivity contribution < 1.29 is 0 Å². The molecule has 1 N–H and O–H groups in total. The van der Waals surface area contributed by atoms with Gasteiger partial charge in [0.2, 0.25) is 0 Å². The Hall–Kier alpha value is -1.44. The van der Waals surface area contributed by atoms with Crippen LogP contribution in [0.25, 0.3) is 0 Å². The zero-order chi connectivity index (χ0) is 13.5. The maximum absolute atomic E-state index is 8.85. The maximum atomic E-state index is 8.85. The van der Waals surface area contributed by atoms with Gasteiger partial charge in [0.05, 0.1) is 0 Å². The van der Waals surface area contributed by atoms with Crippen molar-refractivity contribution in [2.75, 3.05) is 26.2 Å². The molecule has 1 fully saturated rings. The third-order valence-corrected chi connectivity index (χ3v) is 3.74. The van der Waals surface area contributed by atoms with Gasteiger partial charge in [-0.2, -0.15) is 5.26 Å². The smallest absolute Gasteiger partial charge is 0.140 e. The first-order chi connectivity index (χ1) is 9.31. The Morgan fingerprint density at radius 1 is 1.47 bits per heavy atom. The van der Waals surface area contributed by atoms with Crippen molar-refractivity contribution in [1.82, 2.24) is 15.2 Å². The normalized spacial score (nSPS) is 17.3. The number of pyridine rings is 1. The molecule has 0 aliphatic carbocycles. The second-order valence-electron chi connectivity index (χ2n) is 5.19. The molecule has 1 aromatic heterocycles. The van der Waals surface area contributed by atoms with Gasteiger partial charge >= 0.3 is 0 Å². The first-order valence-corrected chi connectivity index (χ1v) is 7.10. The van der Waals surface area contributed by atoms with Crippen molar-refractivity contribution in [3.05, 3.63) is 29.6 Å². The maximum Gasteiger partial charge on any atom is 0.140 e. The summed E-state index contributed by atoms with van der Waals surface area (Å²) in [6.45, 7) is 7.61. The van der Waals surface area contributed by atoms with Gasteiger partial charge < -0.3 is 5.32 Å². The molecular weight excluding hydrogens is 236 g/mol. The number of nitrogens with one attached hydrogen (secondary N) is 1. The van der Waals surface area contributed by atoms with Gasteiger partial charge in [-0.15, -0.1) is 0 Å². The minimum absolute atomic E-state index is 0.513. The van der Waals surface area contributed by atoms with Gasteiger partial charge in [-0.3, -0.25) is 4.90 Å². The Labute approximate surface area is 115 Å². The number of aromatic nitrogens is 1. The molecular formula is C15H22N4. The van der Waals surface area contributed by atoms with E-state index in [2.05, 4.69) is 28.2 Å². The molecule has 19 heavy (non-hydrogen) atoms. The summed E-state index contributed by atoms with van der Waals surface area (Å²) in [7, 11) is 0. The monoisotopic (exact) mass is 258 g/mol. The lowest BCUT2D eigenvalue weighted by Gasteiger charge is -2.32. The molecule has 0 atom stereocenters. The summed E-state index contributed by atoms with van der Waals surface area (Å²) >= 11 is 0. The molecule has 0 amide bonds. The molecule has 102 valence electrons. The quantitative estimate of drug-likeness (QED) is 0.874. The number of likely N-dealkylation sites (tertiary alicyclic amines) is 1. The van der Waals surface area contributed by atoms with Crippen LogP contribution in [0.3, 0.4) is 0 Å². The van der Waals surface area contributed by atoms with Crippen LogP contribution < -0.4 is 5.32 Å². The fraction of sp³-hybridized carbons (Fsp3) is 0.600. The fourth-order valence-corrected chi connectivity index (χ4v) is 2.59. The van der Waals surface area contributed by atoms with Crippen LogP contribution in [0.4, 0.5) is 0 Å². The third-order valence-electron chi connectivity index (χ3n) is 3.74. The molecule has 2 rings (SSSR count). The number of hydrogen-bond donors (Lipinski definition) is 1. The van der Waals surface area contributed by atoms with E-state index in [-0.39, 0.29) is 0 Å². The van der Waals surface area contributed by atoms with Crippen LogP contribution in [0.2, 0.25) is 0 Å². The number of piperidine rings is 1. The van der Waals surface area contributed by atoms with E-state index in [4.69, 9.17) is 5.26 Å². The lowest BCUT2D eigenvalue weighted by molar-refractivity contribution is 0.176. The first kappa shape index (κ1) is 14.0. The van der Waals surface area contributed by atoms with Crippen molar-refractivity contribution in [1.29, 1.82) is 5.26 Å². The molecule has 1 saturated heterocycles. The molecule has 1 aliphatic heterocycles. The molecule has 0 unspecified atom stereocenters. The first-order valence-electron chi connectivity index (χ1n) is 7.10. The SMILES string of the molecule is CCNCC1CCN(Cc2ccnc(C#N)c2)CC1. The van der Waals surface area contributed by atoms with Crippen LogP contribution in [0.5, 0.6) is 0 Å². The van der Waals surface area contributed by atoms with Gasteiger partial charge in [-0.25, -0.2) is 4.98 Å². The van der Waals surface area contributed by atoms with E-state index in [1.165, 1.54) is 18.4 Å². The van der Waals surface area contributed by atoms with E-state index >= 15 is 0 Å². The highest BCUT2D eigenvalue weighted by Gasteiger charge is 2.18. The van der Waals surface area contributed by atoms with Crippen molar-refractivity contribution in [2.24, 2.45) is 5.92 Å². The Kier molecular flexibility index (Phi) is 5.31. The van der Waals surface area contributed by atoms with Gasteiger partial charge in [0.15, 0.2) is 0 Å². The van der Waals surface area contributed by atoms with Gasteiger partial charge in [-0.05, 0) is 62.6 Å². The number of nitriles is 1. The highest BCUT2D eigenvalue weighted by molar-refractivity contribution is 5.25. The van der Waals surface area contributed by atoms with Crippen LogP contribution in [-0.4, -0.2) is 36.1 Å². The molecule has 2 heterocycles. The predicted molar refractivity (Wildman–Crippen MR) is 75.5 cm³/mol. The fourth-order valence-electron chi connectivity index (χ4n) is 2.59. The Morgan fingerprint density at radius 2 is 2.26 bits per heavy atom. The minimum atomic E-state index is 0.513. The number of hydrogen-bond acceptors (Lipinski definition) is 4. The predicted octanol–water partition coefficient (Wildman–Crippen LogP) is 1.77. The number of nitrogens with zero attached hydrogens (tertiary/aromatic N) is 3. The molecule has 4 nitrogen and oxygen atoms in total. The Morgan fingerprint density at radius 3 is 2.95 bits per heavy atom. The van der Waals surface area contributed by atoms with E-state index in [0.717, 1.165) is 38.6 Å². The van der Waals surface area contributed by atoms with Gasteiger partial charge in [-0.1, -0.05) is 6.92 Å². The van der Waals surface area contributed by atoms with Crippen LogP contribution in [0.1, 0.15) is 31.0 Å². The summed E-state index contributed by atoms with van der Waals surface area (Å²) in [5.41, 5.74) is 1.70. The van der Waals surface area contributed by atoms with E-state index in [1.54, 1.807) is 6.20 Å². The standard InChI is InChI=1S/C15H22N4/c1-2-17-11-13-4-7-19(8-5-13)12-14-3-6-18-15(9-14)10-16/h3,6,9,13,17H,2,4-5,7-8,11-12H2,1H3. The van der Waals surface area contributed by atoms with Gasteiger partial charge in [0, 0.05) is 12.7 Å². The van der Waals surface area contributed by atoms with Crippen LogP contribution in [0, 0.1) is 17.2 Å². The zero-order valence-corrected chi connectivity index (χ0v) is 11.6. The molecule has 1 aliphatic rings. The molecule has 0 radical (unpaired) electrons. The van der Waals surface area contributed by atoms with Crippen LogP contribution in [0.15, 0.2) is 18.3 Å². The Balaban J connectivity index is 1.80. The van der Waals surface area contributed by atoms with E-state index in [9.17, 15) is 0 Å². The largest absolute Gasteiger partial charge is 0.317 e. The Bertz CT molecular complexity index is 430. The molecule has 0 bridgehead atoms. The van der Waals surface area contributed by atoms with Gasteiger partial charge in [0.1, 0.15) is 11.8 Å². The minimum Gasteiger partial charge on any atom is -0.317 e. The second-order valence-corrected chi connectivity index (χ2v) is 5.19. The van der Waals surface area contributed by atoms with Crippen molar-refractivity contribution >= 4 is 0 Å². The lowest BCUT2D eigenvalue weighted by atomic mass is 9.96. The van der Waals surface area contributed by atoms with Crippen molar-refractivity contribution in [2.45, 2.75) is 26.3 Å². The summed E-state index contributed by atoms with van der Waals surface area (Å²) in [5, 5.41) is 12.3. The highest BCUT2D eigenvalue weighted by atomic mass is 15.1. The number of rotatable bonds is 5. The molecule has 0 saturated carbocycles. The molecule has 0 spiro atoms. The summed E-state index contributed by atoms with van der Waals surface area (Å²) in [6, 6.07) is 6.00. The average Bonchev–Trinajstić information content (AvgIpc) is 2.47. The summed E-state index contributed by atoms with van der Waals surface area (Å²) in [4.78, 5) is 6.48. The molecule has 0 aromatic carbocycles. The second kappa shape index (κ2) is 7.22. The van der Waals surface area contributed by atoms with E-state index < -0.39 is 0 Å². The zero-order valence-electron chi connectivity index (χ0n) is 11.6.